The van der Waals surface area contributed by atoms with E-state index in [2.05, 4.69) is 29.7 Å². The average Bonchev–Trinajstić information content (AvgIpc) is 2.99. The van der Waals surface area contributed by atoms with Crippen molar-refractivity contribution in [2.45, 2.75) is 25.8 Å². The monoisotopic (exact) mass is 296 g/mol. The lowest BCUT2D eigenvalue weighted by molar-refractivity contribution is 0.387. The number of anilines is 2. The molecule has 0 amide bonds. The highest BCUT2D eigenvalue weighted by Crippen LogP contribution is 2.34. The van der Waals surface area contributed by atoms with Gasteiger partial charge < -0.3 is 9.80 Å². The minimum Gasteiger partial charge on any atom is -0.353 e. The fourth-order valence-electron chi connectivity index (χ4n) is 3.63. The molecule has 2 aromatic rings. The maximum Gasteiger partial charge on any atom is 0.225 e. The standard InChI is InChI=1S/C16H20N6/c1-12-2-5-19-16(20-12)22-9-4-13-3-8-21(11-14(13)22)15-10-17-6-7-18-15/h2,5-7,10,13-14H,3-4,8-9,11H2,1H3. The van der Waals surface area contributed by atoms with Gasteiger partial charge in [0, 0.05) is 43.9 Å². The van der Waals surface area contributed by atoms with E-state index in [1.807, 2.05) is 25.4 Å². The third kappa shape index (κ3) is 2.38. The molecule has 0 saturated carbocycles. The zero-order valence-corrected chi connectivity index (χ0v) is 12.8. The smallest absolute Gasteiger partial charge is 0.225 e. The van der Waals surface area contributed by atoms with E-state index in [1.54, 1.807) is 12.4 Å². The molecule has 4 heterocycles. The molecular formula is C16H20N6. The van der Waals surface area contributed by atoms with Crippen LogP contribution in [-0.2, 0) is 0 Å². The first-order valence-electron chi connectivity index (χ1n) is 7.88. The van der Waals surface area contributed by atoms with E-state index in [-0.39, 0.29) is 0 Å². The average molecular weight is 296 g/mol. The molecule has 0 N–H and O–H groups in total. The molecule has 0 aromatic carbocycles. The fraction of sp³-hybridized carbons (Fsp3) is 0.500. The Bertz CT molecular complexity index is 646. The van der Waals surface area contributed by atoms with Gasteiger partial charge in [-0.1, -0.05) is 0 Å². The lowest BCUT2D eigenvalue weighted by atomic mass is 9.92. The second kappa shape index (κ2) is 5.51. The Kier molecular flexibility index (Phi) is 3.36. The molecule has 0 aliphatic carbocycles. The first-order valence-corrected chi connectivity index (χ1v) is 7.88. The second-order valence-electron chi connectivity index (χ2n) is 6.11. The number of rotatable bonds is 2. The van der Waals surface area contributed by atoms with Crippen LogP contribution in [-0.4, -0.2) is 45.6 Å². The highest BCUT2D eigenvalue weighted by atomic mass is 15.3. The Labute approximate surface area is 130 Å². The molecule has 0 spiro atoms. The Hall–Kier alpha value is -2.24. The molecular weight excluding hydrogens is 276 g/mol. The van der Waals surface area contributed by atoms with Crippen molar-refractivity contribution in [3.63, 3.8) is 0 Å². The molecule has 114 valence electrons. The molecule has 6 heteroatoms. The summed E-state index contributed by atoms with van der Waals surface area (Å²) in [4.78, 5) is 22.4. The van der Waals surface area contributed by atoms with Crippen LogP contribution in [0.2, 0.25) is 0 Å². The SMILES string of the molecule is Cc1ccnc(N2CCC3CCN(c4cnccn4)CC32)n1. The molecule has 2 aromatic heterocycles. The van der Waals surface area contributed by atoms with E-state index in [0.717, 1.165) is 43.0 Å². The highest BCUT2D eigenvalue weighted by Gasteiger charge is 2.39. The number of hydrogen-bond donors (Lipinski definition) is 0. The van der Waals surface area contributed by atoms with Crippen LogP contribution in [0.25, 0.3) is 0 Å². The summed E-state index contributed by atoms with van der Waals surface area (Å²) >= 11 is 0. The van der Waals surface area contributed by atoms with Crippen LogP contribution >= 0.6 is 0 Å². The van der Waals surface area contributed by atoms with Crippen LogP contribution < -0.4 is 9.80 Å². The summed E-state index contributed by atoms with van der Waals surface area (Å²) in [5.41, 5.74) is 1.02. The summed E-state index contributed by atoms with van der Waals surface area (Å²) in [6, 6.07) is 2.42. The van der Waals surface area contributed by atoms with Gasteiger partial charge in [0.15, 0.2) is 0 Å². The predicted octanol–water partition coefficient (Wildman–Crippen LogP) is 1.68. The lowest BCUT2D eigenvalue weighted by Crippen LogP contribution is -2.49. The van der Waals surface area contributed by atoms with Crippen molar-refractivity contribution >= 4 is 11.8 Å². The normalized spacial score (nSPS) is 24.4. The van der Waals surface area contributed by atoms with Gasteiger partial charge in [-0.2, -0.15) is 0 Å². The Morgan fingerprint density at radius 1 is 1.09 bits per heavy atom. The maximum absolute atomic E-state index is 4.61. The number of nitrogens with zero attached hydrogens (tertiary/aromatic N) is 6. The molecule has 2 fully saturated rings. The van der Waals surface area contributed by atoms with Gasteiger partial charge in [0.05, 0.1) is 12.2 Å². The number of piperidine rings is 1. The minimum atomic E-state index is 0.470. The van der Waals surface area contributed by atoms with E-state index < -0.39 is 0 Å². The van der Waals surface area contributed by atoms with Crippen molar-refractivity contribution in [1.29, 1.82) is 0 Å². The summed E-state index contributed by atoms with van der Waals surface area (Å²) < 4.78 is 0. The number of hydrogen-bond acceptors (Lipinski definition) is 6. The molecule has 4 rings (SSSR count). The molecule has 2 saturated heterocycles. The van der Waals surface area contributed by atoms with Crippen LogP contribution in [0.4, 0.5) is 11.8 Å². The van der Waals surface area contributed by atoms with E-state index in [4.69, 9.17) is 0 Å². The van der Waals surface area contributed by atoms with E-state index >= 15 is 0 Å². The first kappa shape index (κ1) is 13.4. The summed E-state index contributed by atoms with van der Waals surface area (Å²) in [6.45, 7) is 5.10. The summed E-state index contributed by atoms with van der Waals surface area (Å²) in [7, 11) is 0. The quantitative estimate of drug-likeness (QED) is 0.840. The molecule has 0 radical (unpaired) electrons. The number of fused-ring (bicyclic) bond motifs is 1. The van der Waals surface area contributed by atoms with Crippen molar-refractivity contribution in [3.05, 3.63) is 36.5 Å². The van der Waals surface area contributed by atoms with Crippen molar-refractivity contribution in [2.75, 3.05) is 29.4 Å². The van der Waals surface area contributed by atoms with Gasteiger partial charge in [-0.3, -0.25) is 4.98 Å². The second-order valence-corrected chi connectivity index (χ2v) is 6.11. The Morgan fingerprint density at radius 3 is 2.82 bits per heavy atom. The zero-order valence-electron chi connectivity index (χ0n) is 12.8. The van der Waals surface area contributed by atoms with Crippen LogP contribution in [0.3, 0.4) is 0 Å². The maximum atomic E-state index is 4.61. The third-order valence-corrected chi connectivity index (χ3v) is 4.78. The van der Waals surface area contributed by atoms with Crippen molar-refractivity contribution < 1.29 is 0 Å². The Morgan fingerprint density at radius 2 is 2.00 bits per heavy atom. The van der Waals surface area contributed by atoms with Gasteiger partial charge in [0.25, 0.3) is 0 Å². The number of aryl methyl sites for hydroxylation is 1. The topological polar surface area (TPSA) is 58.0 Å². The molecule has 2 aliphatic rings. The predicted molar refractivity (Wildman–Crippen MR) is 84.9 cm³/mol. The lowest BCUT2D eigenvalue weighted by Gasteiger charge is -2.38. The third-order valence-electron chi connectivity index (χ3n) is 4.78. The van der Waals surface area contributed by atoms with Crippen LogP contribution in [0.5, 0.6) is 0 Å². The van der Waals surface area contributed by atoms with Gasteiger partial charge in [-0.05, 0) is 31.7 Å². The molecule has 0 bridgehead atoms. The first-order chi connectivity index (χ1) is 10.8. The Balaban J connectivity index is 1.57. The van der Waals surface area contributed by atoms with Crippen LogP contribution in [0.15, 0.2) is 30.9 Å². The van der Waals surface area contributed by atoms with Gasteiger partial charge in [0.1, 0.15) is 5.82 Å². The summed E-state index contributed by atoms with van der Waals surface area (Å²) in [5, 5.41) is 0. The summed E-state index contributed by atoms with van der Waals surface area (Å²) in [5.74, 6) is 2.57. The van der Waals surface area contributed by atoms with E-state index in [0.29, 0.717) is 6.04 Å². The number of aromatic nitrogens is 4. The zero-order chi connectivity index (χ0) is 14.9. The molecule has 2 atom stereocenters. The van der Waals surface area contributed by atoms with Crippen LogP contribution in [0, 0.1) is 12.8 Å². The van der Waals surface area contributed by atoms with Crippen molar-refractivity contribution in [2.24, 2.45) is 5.92 Å². The minimum absolute atomic E-state index is 0.470. The van der Waals surface area contributed by atoms with Gasteiger partial charge >= 0.3 is 0 Å². The molecule has 22 heavy (non-hydrogen) atoms. The molecule has 2 unspecified atom stereocenters. The fourth-order valence-corrected chi connectivity index (χ4v) is 3.63. The van der Waals surface area contributed by atoms with E-state index in [9.17, 15) is 0 Å². The van der Waals surface area contributed by atoms with E-state index in [1.165, 1.54) is 12.8 Å². The van der Waals surface area contributed by atoms with Gasteiger partial charge in [0.2, 0.25) is 5.95 Å². The highest BCUT2D eigenvalue weighted by molar-refractivity contribution is 5.41. The van der Waals surface area contributed by atoms with Crippen molar-refractivity contribution in [1.82, 2.24) is 19.9 Å². The van der Waals surface area contributed by atoms with Crippen molar-refractivity contribution in [3.8, 4) is 0 Å². The van der Waals surface area contributed by atoms with Gasteiger partial charge in [-0.15, -0.1) is 0 Å². The van der Waals surface area contributed by atoms with Crippen LogP contribution in [0.1, 0.15) is 18.5 Å². The molecule has 6 nitrogen and oxygen atoms in total. The largest absolute Gasteiger partial charge is 0.353 e. The summed E-state index contributed by atoms with van der Waals surface area (Å²) in [6.07, 6.45) is 9.62. The molecule has 2 aliphatic heterocycles. The van der Waals surface area contributed by atoms with Gasteiger partial charge in [-0.25, -0.2) is 15.0 Å².